The third-order valence-corrected chi connectivity index (χ3v) is 4.07. The third kappa shape index (κ3) is 9.48. The van der Waals surface area contributed by atoms with Crippen molar-refractivity contribution in [2.24, 2.45) is 11.8 Å². The first-order valence-electron chi connectivity index (χ1n) is 8.37. The Labute approximate surface area is 129 Å². The summed E-state index contributed by atoms with van der Waals surface area (Å²) < 4.78 is 4.60. The van der Waals surface area contributed by atoms with E-state index in [1.807, 2.05) is 0 Å². The second-order valence-corrected chi connectivity index (χ2v) is 5.82. The smallest absolute Gasteiger partial charge is 0.308 e. The topological polar surface area (TPSA) is 63.6 Å². The third-order valence-electron chi connectivity index (χ3n) is 4.07. The van der Waals surface area contributed by atoms with E-state index in [-0.39, 0.29) is 17.8 Å². The molecule has 0 radical (unpaired) electrons. The number of aliphatic carboxylic acids is 1. The fourth-order valence-corrected chi connectivity index (χ4v) is 2.60. The number of unbranched alkanes of at least 4 members (excludes halogenated alkanes) is 5. The first kappa shape index (κ1) is 19.9. The molecule has 1 aliphatic carbocycles. The van der Waals surface area contributed by atoms with E-state index >= 15 is 0 Å². The van der Waals surface area contributed by atoms with Crippen molar-refractivity contribution in [1.29, 1.82) is 0 Å². The van der Waals surface area contributed by atoms with Gasteiger partial charge in [0.15, 0.2) is 0 Å². The van der Waals surface area contributed by atoms with Gasteiger partial charge < -0.3 is 9.84 Å². The van der Waals surface area contributed by atoms with Gasteiger partial charge in [-0.15, -0.1) is 0 Å². The molecule has 4 nitrogen and oxygen atoms in total. The zero-order chi connectivity index (χ0) is 16.1. The highest BCUT2D eigenvalue weighted by Crippen LogP contribution is 2.29. The summed E-state index contributed by atoms with van der Waals surface area (Å²) in [5, 5.41) is 8.70. The Kier molecular flexibility index (Phi) is 12.0. The number of carboxylic acids is 1. The lowest BCUT2D eigenvalue weighted by Gasteiger charge is -2.23. The van der Waals surface area contributed by atoms with Crippen LogP contribution in [0.1, 0.15) is 78.1 Å². The predicted octanol–water partition coefficient (Wildman–Crippen LogP) is 4.42. The summed E-state index contributed by atoms with van der Waals surface area (Å²) in [5.41, 5.74) is 0. The molecule has 1 rings (SSSR count). The molecule has 0 unspecified atom stereocenters. The summed E-state index contributed by atoms with van der Waals surface area (Å²) >= 11 is 0. The number of rotatable bonds is 7. The van der Waals surface area contributed by atoms with Crippen LogP contribution < -0.4 is 0 Å². The highest BCUT2D eigenvalue weighted by Gasteiger charge is 2.29. The summed E-state index contributed by atoms with van der Waals surface area (Å²) in [6, 6.07) is 0. The maximum Gasteiger partial charge on any atom is 0.308 e. The van der Waals surface area contributed by atoms with Gasteiger partial charge in [-0.1, -0.05) is 52.4 Å². The Morgan fingerprint density at radius 1 is 0.905 bits per heavy atom. The lowest BCUT2D eigenvalue weighted by atomic mass is 9.82. The molecule has 0 atom stereocenters. The van der Waals surface area contributed by atoms with E-state index in [0.717, 1.165) is 0 Å². The molecule has 124 valence electrons. The zero-order valence-corrected chi connectivity index (χ0v) is 13.9. The number of carbonyl (C=O) groups excluding carboxylic acids is 1. The molecule has 1 saturated carbocycles. The van der Waals surface area contributed by atoms with Crippen molar-refractivity contribution in [2.75, 3.05) is 7.11 Å². The van der Waals surface area contributed by atoms with Crippen molar-refractivity contribution >= 4 is 11.9 Å². The molecule has 1 aliphatic rings. The summed E-state index contributed by atoms with van der Waals surface area (Å²) in [4.78, 5) is 21.7. The van der Waals surface area contributed by atoms with E-state index < -0.39 is 5.97 Å². The molecule has 0 spiro atoms. The van der Waals surface area contributed by atoms with Gasteiger partial charge >= 0.3 is 11.9 Å². The molecule has 0 aliphatic heterocycles. The average Bonchev–Trinajstić information content (AvgIpc) is 2.51. The maximum atomic E-state index is 11.1. The maximum absolute atomic E-state index is 11.1. The Balaban J connectivity index is 0.000000433. The molecule has 0 aromatic carbocycles. The van der Waals surface area contributed by atoms with Crippen molar-refractivity contribution < 1.29 is 19.4 Å². The van der Waals surface area contributed by atoms with Gasteiger partial charge in [0.1, 0.15) is 0 Å². The second kappa shape index (κ2) is 12.7. The van der Waals surface area contributed by atoms with Gasteiger partial charge in [-0.2, -0.15) is 0 Å². The quantitative estimate of drug-likeness (QED) is 0.558. The number of esters is 1. The number of carbonyl (C=O) groups is 2. The fourth-order valence-electron chi connectivity index (χ4n) is 2.60. The van der Waals surface area contributed by atoms with Crippen molar-refractivity contribution in [3.05, 3.63) is 0 Å². The van der Waals surface area contributed by atoms with Crippen LogP contribution in [0, 0.1) is 11.8 Å². The minimum atomic E-state index is -0.747. The van der Waals surface area contributed by atoms with Crippen LogP contribution in [0.5, 0.6) is 0 Å². The number of hydrogen-bond donors (Lipinski definition) is 1. The first-order chi connectivity index (χ1) is 10.1. The van der Waals surface area contributed by atoms with Crippen LogP contribution in [-0.4, -0.2) is 24.2 Å². The Bertz CT molecular complexity index is 275. The van der Waals surface area contributed by atoms with Gasteiger partial charge in [0, 0.05) is 0 Å². The molecule has 0 aromatic heterocycles. The highest BCUT2D eigenvalue weighted by atomic mass is 16.5. The number of hydrogen-bond acceptors (Lipinski definition) is 3. The molecule has 0 aromatic rings. The lowest BCUT2D eigenvalue weighted by Crippen LogP contribution is -2.26. The van der Waals surface area contributed by atoms with Gasteiger partial charge in [0.25, 0.3) is 0 Å². The van der Waals surface area contributed by atoms with Gasteiger partial charge in [-0.05, 0) is 25.7 Å². The molecule has 0 heterocycles. The minimum absolute atomic E-state index is 0.0828. The summed E-state index contributed by atoms with van der Waals surface area (Å²) in [7, 11) is 1.37. The van der Waals surface area contributed by atoms with Crippen LogP contribution in [-0.2, 0) is 14.3 Å². The van der Waals surface area contributed by atoms with E-state index in [4.69, 9.17) is 5.11 Å². The molecule has 21 heavy (non-hydrogen) atoms. The van der Waals surface area contributed by atoms with E-state index in [1.165, 1.54) is 45.6 Å². The monoisotopic (exact) mass is 300 g/mol. The van der Waals surface area contributed by atoms with Crippen molar-refractivity contribution in [2.45, 2.75) is 78.1 Å². The van der Waals surface area contributed by atoms with Crippen LogP contribution >= 0.6 is 0 Å². The van der Waals surface area contributed by atoms with E-state index in [1.54, 1.807) is 0 Å². The van der Waals surface area contributed by atoms with Crippen LogP contribution in [0.3, 0.4) is 0 Å². The molecule has 1 N–H and O–H groups in total. The van der Waals surface area contributed by atoms with Crippen LogP contribution in [0.15, 0.2) is 0 Å². The minimum Gasteiger partial charge on any atom is -0.481 e. The van der Waals surface area contributed by atoms with E-state index in [0.29, 0.717) is 25.7 Å². The first-order valence-corrected chi connectivity index (χ1v) is 8.37. The summed E-state index contributed by atoms with van der Waals surface area (Å²) in [6.07, 6.45) is 11.0. The second-order valence-electron chi connectivity index (χ2n) is 5.82. The SMILES string of the molecule is CCCCCCCC.COC(=O)C1CCC(C(=O)O)CC1. The molecule has 4 heteroatoms. The number of ether oxygens (including phenoxy) is 1. The van der Waals surface area contributed by atoms with E-state index in [2.05, 4.69) is 18.6 Å². The molecule has 0 saturated heterocycles. The van der Waals surface area contributed by atoms with Gasteiger partial charge in [-0.25, -0.2) is 0 Å². The van der Waals surface area contributed by atoms with Crippen LogP contribution in [0.4, 0.5) is 0 Å². The normalized spacial score (nSPS) is 21.1. The van der Waals surface area contributed by atoms with E-state index in [9.17, 15) is 9.59 Å². The van der Waals surface area contributed by atoms with Crippen molar-refractivity contribution in [3.63, 3.8) is 0 Å². The largest absolute Gasteiger partial charge is 0.481 e. The Morgan fingerprint density at radius 3 is 1.67 bits per heavy atom. The molecule has 0 amide bonds. The lowest BCUT2D eigenvalue weighted by molar-refractivity contribution is -0.150. The molecular formula is C17H32O4. The Morgan fingerprint density at radius 2 is 1.33 bits per heavy atom. The molecule has 0 bridgehead atoms. The van der Waals surface area contributed by atoms with Crippen molar-refractivity contribution in [3.8, 4) is 0 Å². The summed E-state index contributed by atoms with van der Waals surface area (Å²) in [5.74, 6) is -1.30. The number of methoxy groups -OCH3 is 1. The van der Waals surface area contributed by atoms with Gasteiger partial charge in [0.05, 0.1) is 18.9 Å². The van der Waals surface area contributed by atoms with Gasteiger partial charge in [0.2, 0.25) is 0 Å². The Hall–Kier alpha value is -1.06. The van der Waals surface area contributed by atoms with Gasteiger partial charge in [-0.3, -0.25) is 9.59 Å². The zero-order valence-electron chi connectivity index (χ0n) is 13.9. The standard InChI is InChI=1S/C9H14O4.C8H18/c1-13-9(12)7-4-2-6(3-5-7)8(10)11;1-3-5-7-8-6-4-2/h6-7H,2-5H2,1H3,(H,10,11);3-8H2,1-2H3. The number of carboxylic acid groups (broad SMARTS) is 1. The molecular weight excluding hydrogens is 268 g/mol. The van der Waals surface area contributed by atoms with Crippen molar-refractivity contribution in [1.82, 2.24) is 0 Å². The average molecular weight is 300 g/mol. The summed E-state index contributed by atoms with van der Waals surface area (Å²) in [6.45, 7) is 4.51. The predicted molar refractivity (Wildman–Crippen MR) is 84.1 cm³/mol. The van der Waals surface area contributed by atoms with Crippen LogP contribution in [0.25, 0.3) is 0 Å². The van der Waals surface area contributed by atoms with Crippen LogP contribution in [0.2, 0.25) is 0 Å². The molecule has 1 fully saturated rings. The highest BCUT2D eigenvalue weighted by molar-refractivity contribution is 5.74. The fraction of sp³-hybridized carbons (Fsp3) is 0.882.